The second-order valence-electron chi connectivity index (χ2n) is 8.19. The molecule has 1 atom stereocenters. The van der Waals surface area contributed by atoms with Crippen molar-refractivity contribution in [2.75, 3.05) is 19.5 Å². The summed E-state index contributed by atoms with van der Waals surface area (Å²) in [6, 6.07) is 15.6. The van der Waals surface area contributed by atoms with E-state index in [0.717, 1.165) is 18.4 Å². The van der Waals surface area contributed by atoms with Crippen LogP contribution in [0.1, 0.15) is 30.1 Å². The summed E-state index contributed by atoms with van der Waals surface area (Å²) in [5.74, 6) is 1.56. The first-order valence-corrected chi connectivity index (χ1v) is 10.9. The maximum Gasteiger partial charge on any atom is 0.387 e. The Morgan fingerprint density at radius 2 is 1.79 bits per heavy atom. The number of ether oxygens (including phenoxy) is 4. The zero-order chi connectivity index (χ0) is 23.8. The van der Waals surface area contributed by atoms with E-state index in [2.05, 4.69) is 5.32 Å². The molecule has 0 aromatic heterocycles. The molecule has 0 saturated heterocycles. The SMILES string of the molecule is COc1ccc(C2Oc3cccc(OC(F)F)c3-c3ccc(NC(=O)C4CC4)cc32)cc1OC. The first-order chi connectivity index (χ1) is 16.5. The fraction of sp³-hybridized carbons (Fsp3) is 0.269. The second kappa shape index (κ2) is 8.85. The summed E-state index contributed by atoms with van der Waals surface area (Å²) in [5, 5.41) is 2.95. The summed E-state index contributed by atoms with van der Waals surface area (Å²) in [7, 11) is 3.10. The second-order valence-corrected chi connectivity index (χ2v) is 8.19. The van der Waals surface area contributed by atoms with Gasteiger partial charge >= 0.3 is 6.61 Å². The van der Waals surface area contributed by atoms with Gasteiger partial charge < -0.3 is 24.3 Å². The summed E-state index contributed by atoms with van der Waals surface area (Å²) in [6.07, 6.45) is 1.19. The van der Waals surface area contributed by atoms with Crippen LogP contribution in [-0.4, -0.2) is 26.7 Å². The van der Waals surface area contributed by atoms with Gasteiger partial charge in [-0.3, -0.25) is 4.79 Å². The van der Waals surface area contributed by atoms with Crippen molar-refractivity contribution in [1.82, 2.24) is 0 Å². The standard InChI is InChI=1S/C26H23F2NO5/c1-31-19-11-8-15(12-22(19)32-2)24-18-13-16(29-25(30)14-6-7-14)9-10-17(18)23-20(33-24)4-3-5-21(23)34-26(27)28/h3-5,8-14,24,26H,6-7H2,1-2H3,(H,29,30). The van der Waals surface area contributed by atoms with Crippen LogP contribution in [0.2, 0.25) is 0 Å². The van der Waals surface area contributed by atoms with E-state index < -0.39 is 12.7 Å². The van der Waals surface area contributed by atoms with Crippen LogP contribution in [0.4, 0.5) is 14.5 Å². The Bertz CT molecular complexity index is 1240. The Morgan fingerprint density at radius 1 is 1.00 bits per heavy atom. The van der Waals surface area contributed by atoms with E-state index >= 15 is 0 Å². The molecular weight excluding hydrogens is 444 g/mol. The summed E-state index contributed by atoms with van der Waals surface area (Å²) in [5.41, 5.74) is 3.21. The van der Waals surface area contributed by atoms with Gasteiger partial charge in [0.25, 0.3) is 0 Å². The highest BCUT2D eigenvalue weighted by atomic mass is 19.3. The van der Waals surface area contributed by atoms with Gasteiger partial charge in [0.05, 0.1) is 19.8 Å². The Hall–Kier alpha value is -3.81. The predicted octanol–water partition coefficient (Wildman–Crippen LogP) is 5.80. The van der Waals surface area contributed by atoms with Gasteiger partial charge in [-0.1, -0.05) is 18.2 Å². The largest absolute Gasteiger partial charge is 0.493 e. The van der Waals surface area contributed by atoms with Gasteiger partial charge in [-0.25, -0.2) is 0 Å². The molecule has 1 N–H and O–H groups in total. The van der Waals surface area contributed by atoms with Crippen LogP contribution in [0.3, 0.4) is 0 Å². The molecule has 1 fully saturated rings. The molecule has 1 saturated carbocycles. The molecule has 176 valence electrons. The molecule has 3 aromatic carbocycles. The molecule has 34 heavy (non-hydrogen) atoms. The maximum absolute atomic E-state index is 13.1. The molecule has 1 aliphatic carbocycles. The third kappa shape index (κ3) is 4.11. The number of carbonyl (C=O) groups is 1. The molecule has 6 nitrogen and oxygen atoms in total. The number of carbonyl (C=O) groups excluding carboxylic acids is 1. The topological polar surface area (TPSA) is 66.0 Å². The van der Waals surface area contributed by atoms with Crippen molar-refractivity contribution in [1.29, 1.82) is 0 Å². The number of benzene rings is 3. The quantitative estimate of drug-likeness (QED) is 0.476. The Labute approximate surface area is 195 Å². The molecular formula is C26H23F2NO5. The Kier molecular flexibility index (Phi) is 5.73. The van der Waals surface area contributed by atoms with Gasteiger partial charge in [-0.15, -0.1) is 0 Å². The molecule has 1 heterocycles. The van der Waals surface area contributed by atoms with Crippen molar-refractivity contribution < 1.29 is 32.5 Å². The molecule has 3 aromatic rings. The lowest BCUT2D eigenvalue weighted by Crippen LogP contribution is -2.18. The molecule has 0 radical (unpaired) electrons. The summed E-state index contributed by atoms with van der Waals surface area (Å²) in [4.78, 5) is 12.3. The molecule has 0 spiro atoms. The molecule has 0 bridgehead atoms. The smallest absolute Gasteiger partial charge is 0.387 e. The van der Waals surface area contributed by atoms with E-state index in [1.165, 1.54) is 6.07 Å². The third-order valence-corrected chi connectivity index (χ3v) is 5.98. The lowest BCUT2D eigenvalue weighted by atomic mass is 9.88. The molecule has 1 amide bonds. The van der Waals surface area contributed by atoms with E-state index in [1.807, 2.05) is 18.2 Å². The third-order valence-electron chi connectivity index (χ3n) is 5.98. The molecule has 5 rings (SSSR count). The number of hydrogen-bond acceptors (Lipinski definition) is 5. The number of hydrogen-bond donors (Lipinski definition) is 1. The number of halogens is 2. The van der Waals surface area contributed by atoms with Gasteiger partial charge in [0.1, 0.15) is 17.6 Å². The highest BCUT2D eigenvalue weighted by molar-refractivity contribution is 5.95. The number of nitrogens with one attached hydrogen (secondary N) is 1. The number of amides is 1. The summed E-state index contributed by atoms with van der Waals surface area (Å²) in [6.45, 7) is -2.98. The normalized spacial score (nSPS) is 16.2. The number of fused-ring (bicyclic) bond motifs is 3. The van der Waals surface area contributed by atoms with E-state index in [1.54, 1.807) is 44.6 Å². The number of anilines is 1. The molecule has 1 aliphatic heterocycles. The van der Waals surface area contributed by atoms with E-state index in [0.29, 0.717) is 39.6 Å². The van der Waals surface area contributed by atoms with E-state index in [9.17, 15) is 13.6 Å². The van der Waals surface area contributed by atoms with Crippen molar-refractivity contribution in [2.24, 2.45) is 5.92 Å². The van der Waals surface area contributed by atoms with Crippen LogP contribution < -0.4 is 24.3 Å². The maximum atomic E-state index is 13.1. The monoisotopic (exact) mass is 467 g/mol. The fourth-order valence-electron chi connectivity index (χ4n) is 4.20. The molecule has 2 aliphatic rings. The zero-order valence-electron chi connectivity index (χ0n) is 18.6. The van der Waals surface area contributed by atoms with Crippen LogP contribution in [0.25, 0.3) is 11.1 Å². The van der Waals surface area contributed by atoms with Crippen molar-refractivity contribution in [3.63, 3.8) is 0 Å². The highest BCUT2D eigenvalue weighted by Gasteiger charge is 2.33. The van der Waals surface area contributed by atoms with Gasteiger partial charge in [-0.05, 0) is 54.8 Å². The average Bonchev–Trinajstić information content (AvgIpc) is 3.68. The Balaban J connectivity index is 1.63. The van der Waals surface area contributed by atoms with Crippen molar-refractivity contribution >= 4 is 11.6 Å². The lowest BCUT2D eigenvalue weighted by molar-refractivity contribution is -0.117. The lowest BCUT2D eigenvalue weighted by Gasteiger charge is -2.31. The minimum absolute atomic E-state index is 0.0225. The van der Waals surface area contributed by atoms with E-state index in [4.69, 9.17) is 18.9 Å². The minimum atomic E-state index is -2.98. The van der Waals surface area contributed by atoms with Crippen LogP contribution in [0, 0.1) is 5.92 Å². The molecule has 1 unspecified atom stereocenters. The number of alkyl halides is 2. The first-order valence-electron chi connectivity index (χ1n) is 10.9. The van der Waals surface area contributed by atoms with Crippen LogP contribution in [-0.2, 0) is 4.79 Å². The van der Waals surface area contributed by atoms with Gasteiger partial charge in [0.2, 0.25) is 5.91 Å². The number of methoxy groups -OCH3 is 2. The van der Waals surface area contributed by atoms with Crippen molar-refractivity contribution in [3.8, 4) is 34.1 Å². The average molecular weight is 467 g/mol. The van der Waals surface area contributed by atoms with Gasteiger partial charge in [0.15, 0.2) is 11.5 Å². The van der Waals surface area contributed by atoms with Crippen molar-refractivity contribution in [3.05, 3.63) is 65.7 Å². The van der Waals surface area contributed by atoms with Gasteiger partial charge in [0, 0.05) is 22.7 Å². The Morgan fingerprint density at radius 3 is 2.50 bits per heavy atom. The number of rotatable bonds is 7. The fourth-order valence-corrected chi connectivity index (χ4v) is 4.20. The highest BCUT2D eigenvalue weighted by Crippen LogP contribution is 2.50. The van der Waals surface area contributed by atoms with E-state index in [-0.39, 0.29) is 17.6 Å². The van der Waals surface area contributed by atoms with Crippen molar-refractivity contribution in [2.45, 2.75) is 25.6 Å². The van der Waals surface area contributed by atoms with Crippen LogP contribution in [0.15, 0.2) is 54.6 Å². The molecule has 8 heteroatoms. The van der Waals surface area contributed by atoms with Crippen LogP contribution >= 0.6 is 0 Å². The summed E-state index contributed by atoms with van der Waals surface area (Å²) >= 11 is 0. The van der Waals surface area contributed by atoms with Gasteiger partial charge in [-0.2, -0.15) is 8.78 Å². The van der Waals surface area contributed by atoms with Crippen LogP contribution in [0.5, 0.6) is 23.0 Å². The summed E-state index contributed by atoms with van der Waals surface area (Å²) < 4.78 is 48.2. The minimum Gasteiger partial charge on any atom is -0.493 e. The predicted molar refractivity (Wildman–Crippen MR) is 122 cm³/mol. The first kappa shape index (κ1) is 22.0. The zero-order valence-corrected chi connectivity index (χ0v) is 18.6.